The van der Waals surface area contributed by atoms with Gasteiger partial charge in [-0.15, -0.1) is 35.0 Å². The number of hydrogen-bond donors (Lipinski definition) is 0. The first kappa shape index (κ1) is 42.1. The zero-order valence-electron chi connectivity index (χ0n) is 35.1. The molecule has 0 fully saturated rings. The van der Waals surface area contributed by atoms with Gasteiger partial charge in [0.2, 0.25) is 5.82 Å². The van der Waals surface area contributed by atoms with Crippen molar-refractivity contribution in [2.24, 2.45) is 0 Å². The number of para-hydroxylation sites is 2. The molecular formula is C50H42F5N5Pt. The minimum Gasteiger partial charge on any atom is -0.358 e. The van der Waals surface area contributed by atoms with Crippen LogP contribution in [0.5, 0.6) is 0 Å². The van der Waals surface area contributed by atoms with Crippen molar-refractivity contribution < 1.29 is 43.0 Å². The molecule has 0 saturated carbocycles. The Morgan fingerprint density at radius 1 is 0.508 bits per heavy atom. The normalized spacial score (nSPS) is 12.6. The Hall–Kier alpha value is -5.60. The number of hydrogen-bond acceptors (Lipinski definition) is 2. The van der Waals surface area contributed by atoms with Crippen molar-refractivity contribution in [3.05, 3.63) is 149 Å². The SMILES string of the molecule is CC(C)(C)c1ccnc(-n2c3[c-]c(-n4c5[c-]c(-n6nc(C(C)(C)C)c(-c7c(F)c(F)c(F)c(F)c7F)c6C(C)(C)C)ccc5c5ccccc54)ccc3c3ccccc32)c1.[Pt+2]. The van der Waals surface area contributed by atoms with Gasteiger partial charge in [-0.05, 0) is 51.7 Å². The van der Waals surface area contributed by atoms with Crippen LogP contribution >= 0.6 is 0 Å². The third-order valence-electron chi connectivity index (χ3n) is 11.2. The zero-order valence-corrected chi connectivity index (χ0v) is 37.4. The van der Waals surface area contributed by atoms with Crippen LogP contribution in [0.3, 0.4) is 0 Å². The molecule has 0 saturated heterocycles. The van der Waals surface area contributed by atoms with Crippen LogP contribution < -0.4 is 0 Å². The molecule has 0 N–H and O–H groups in total. The molecule has 0 spiro atoms. The van der Waals surface area contributed by atoms with Crippen LogP contribution in [0.15, 0.2) is 91.1 Å². The van der Waals surface area contributed by atoms with Crippen LogP contribution in [0, 0.1) is 41.2 Å². The fourth-order valence-electron chi connectivity index (χ4n) is 8.38. The molecule has 5 aromatic carbocycles. The Morgan fingerprint density at radius 3 is 1.57 bits per heavy atom. The average Bonchev–Trinajstić information content (AvgIpc) is 3.87. The fraction of sp³-hybridized carbons (Fsp3) is 0.240. The number of fused-ring (bicyclic) bond motifs is 6. The molecule has 4 aromatic heterocycles. The summed E-state index contributed by atoms with van der Waals surface area (Å²) in [6.45, 7) is 17.3. The molecule has 0 aliphatic carbocycles. The third kappa shape index (κ3) is 6.60. The zero-order chi connectivity index (χ0) is 42.8. The van der Waals surface area contributed by atoms with Crippen LogP contribution in [0.4, 0.5) is 22.0 Å². The Morgan fingerprint density at radius 2 is 1.02 bits per heavy atom. The van der Waals surface area contributed by atoms with Crippen LogP contribution in [-0.4, -0.2) is 23.9 Å². The van der Waals surface area contributed by atoms with E-state index in [0.29, 0.717) is 11.2 Å². The van der Waals surface area contributed by atoms with Crippen molar-refractivity contribution in [3.63, 3.8) is 0 Å². The Labute approximate surface area is 365 Å². The quantitative estimate of drug-likeness (QED) is 0.0763. The fourth-order valence-corrected chi connectivity index (χ4v) is 8.38. The van der Waals surface area contributed by atoms with Gasteiger partial charge in [0.25, 0.3) is 0 Å². The van der Waals surface area contributed by atoms with E-state index in [0.717, 1.165) is 55.2 Å². The number of nitrogens with zero attached hydrogens (tertiary/aromatic N) is 5. The number of benzene rings is 5. The van der Waals surface area contributed by atoms with Gasteiger partial charge in [-0.25, -0.2) is 26.9 Å². The summed E-state index contributed by atoms with van der Waals surface area (Å²) >= 11 is 0. The van der Waals surface area contributed by atoms with E-state index in [9.17, 15) is 13.2 Å². The van der Waals surface area contributed by atoms with Gasteiger partial charge >= 0.3 is 21.1 Å². The van der Waals surface area contributed by atoms with Crippen LogP contribution in [-0.2, 0) is 37.3 Å². The number of pyridine rings is 1. The van der Waals surface area contributed by atoms with E-state index in [1.165, 1.54) is 4.68 Å². The third-order valence-corrected chi connectivity index (χ3v) is 11.2. The van der Waals surface area contributed by atoms with E-state index in [4.69, 9.17) is 10.1 Å². The maximum Gasteiger partial charge on any atom is 2.00 e. The van der Waals surface area contributed by atoms with E-state index in [1.54, 1.807) is 20.8 Å². The summed E-state index contributed by atoms with van der Waals surface area (Å²) in [4.78, 5) is 4.85. The average molecular weight is 1000 g/mol. The van der Waals surface area contributed by atoms with Gasteiger partial charge in [0.15, 0.2) is 23.3 Å². The molecule has 0 unspecified atom stereocenters. The minimum atomic E-state index is -2.22. The summed E-state index contributed by atoms with van der Waals surface area (Å²) in [5.41, 5.74) is 3.04. The molecule has 0 aliphatic rings. The minimum absolute atomic E-state index is 0. The molecule has 61 heavy (non-hydrogen) atoms. The van der Waals surface area contributed by atoms with Crippen molar-refractivity contribution in [2.45, 2.75) is 78.6 Å². The number of aromatic nitrogens is 5. The molecular weight excluding hydrogens is 961 g/mol. The molecule has 312 valence electrons. The second-order valence-corrected chi connectivity index (χ2v) is 18.5. The molecule has 0 atom stereocenters. The Kier molecular flexibility index (Phi) is 10.0. The van der Waals surface area contributed by atoms with Gasteiger partial charge in [0, 0.05) is 33.6 Å². The van der Waals surface area contributed by atoms with Gasteiger partial charge in [-0.3, -0.25) is 4.68 Å². The second-order valence-electron chi connectivity index (χ2n) is 18.5. The topological polar surface area (TPSA) is 40.6 Å². The predicted octanol–water partition coefficient (Wildman–Crippen LogP) is 13.3. The van der Waals surface area contributed by atoms with E-state index in [-0.39, 0.29) is 43.4 Å². The first-order chi connectivity index (χ1) is 28.3. The van der Waals surface area contributed by atoms with Crippen molar-refractivity contribution in [3.8, 4) is 28.3 Å². The summed E-state index contributed by atoms with van der Waals surface area (Å²) in [7, 11) is 0. The summed E-state index contributed by atoms with van der Waals surface area (Å²) < 4.78 is 81.6. The van der Waals surface area contributed by atoms with Crippen LogP contribution in [0.25, 0.3) is 71.9 Å². The predicted molar refractivity (Wildman–Crippen MR) is 229 cm³/mol. The summed E-state index contributed by atoms with van der Waals surface area (Å²) in [5.74, 6) is -9.30. The van der Waals surface area contributed by atoms with E-state index < -0.39 is 45.5 Å². The van der Waals surface area contributed by atoms with Gasteiger partial charge in [0.1, 0.15) is 5.82 Å². The van der Waals surface area contributed by atoms with E-state index in [2.05, 4.69) is 66.3 Å². The van der Waals surface area contributed by atoms with Crippen molar-refractivity contribution in [1.29, 1.82) is 0 Å². The standard InChI is InChI=1S/C50H42F5N5.Pt/c1-48(2,3)27-22-23-56-38(24-27)59-35-17-13-11-15-31(35)33-20-18-28(25-37(33)59)58-34-16-12-10-14-30(34)32-21-19-29(26-36(32)58)60-47(50(7,8)9)40(46(57-60)49(4,5)6)39-41(51)43(53)45(55)44(54)42(39)52;/h10-24H,1-9H3;/q-2;+2. The van der Waals surface area contributed by atoms with Crippen LogP contribution in [0.1, 0.15) is 79.3 Å². The first-order valence-corrected chi connectivity index (χ1v) is 19.8. The molecule has 4 heterocycles. The summed E-state index contributed by atoms with van der Waals surface area (Å²) in [5, 5.41) is 8.84. The van der Waals surface area contributed by atoms with Gasteiger partial charge < -0.3 is 9.13 Å². The largest absolute Gasteiger partial charge is 2.00 e. The molecule has 9 rings (SSSR count). The van der Waals surface area contributed by atoms with Crippen molar-refractivity contribution in [2.75, 3.05) is 0 Å². The number of rotatable bonds is 4. The van der Waals surface area contributed by atoms with Crippen molar-refractivity contribution in [1.82, 2.24) is 23.9 Å². The van der Waals surface area contributed by atoms with Crippen molar-refractivity contribution >= 4 is 43.6 Å². The maximum atomic E-state index is 15.8. The molecule has 0 radical (unpaired) electrons. The molecule has 0 aliphatic heterocycles. The molecule has 0 bridgehead atoms. The summed E-state index contributed by atoms with van der Waals surface area (Å²) in [6.07, 6.45) is 1.84. The summed E-state index contributed by atoms with van der Waals surface area (Å²) in [6, 6.07) is 35.6. The van der Waals surface area contributed by atoms with E-state index >= 15 is 8.78 Å². The van der Waals surface area contributed by atoms with Gasteiger partial charge in [0.05, 0.1) is 17.0 Å². The van der Waals surface area contributed by atoms with Gasteiger partial charge in [-0.2, -0.15) is 17.2 Å². The molecule has 0 amide bonds. The van der Waals surface area contributed by atoms with Gasteiger partial charge in [-0.1, -0.05) is 115 Å². The second kappa shape index (κ2) is 14.5. The molecule has 5 nitrogen and oxygen atoms in total. The van der Waals surface area contributed by atoms with E-state index in [1.807, 2.05) is 87.6 Å². The van der Waals surface area contributed by atoms with Crippen LogP contribution in [0.2, 0.25) is 0 Å². The monoisotopic (exact) mass is 1000 g/mol. The Bertz CT molecular complexity index is 3200. The smallest absolute Gasteiger partial charge is 0.358 e. The molecule has 9 aromatic rings. The Balaban J connectivity index is 0.00000514. The molecule has 11 heteroatoms. The number of halogens is 5. The first-order valence-electron chi connectivity index (χ1n) is 19.8. The maximum absolute atomic E-state index is 15.8.